The Balaban J connectivity index is 2.16. The lowest BCUT2D eigenvalue weighted by Crippen LogP contribution is -2.05. The average Bonchev–Trinajstić information content (AvgIpc) is 2.04. The van der Waals surface area contributed by atoms with E-state index < -0.39 is 0 Å². The lowest BCUT2D eigenvalue weighted by atomic mass is 9.92. The Kier molecular flexibility index (Phi) is 1.72. The second-order valence-electron chi connectivity index (χ2n) is 3.49. The molecule has 0 saturated heterocycles. The van der Waals surface area contributed by atoms with Crippen molar-refractivity contribution >= 4 is 0 Å². The zero-order chi connectivity index (χ0) is 7.68. The molecule has 0 aromatic heterocycles. The average molecular weight is 150 g/mol. The van der Waals surface area contributed by atoms with Crippen molar-refractivity contribution in [3.63, 3.8) is 0 Å². The topological polar surface area (TPSA) is 9.23 Å². The van der Waals surface area contributed by atoms with Crippen molar-refractivity contribution in [3.8, 4) is 0 Å². The van der Waals surface area contributed by atoms with E-state index in [1.165, 1.54) is 37.0 Å². The van der Waals surface area contributed by atoms with Crippen molar-refractivity contribution in [2.24, 2.45) is 0 Å². The van der Waals surface area contributed by atoms with Crippen LogP contribution >= 0.6 is 0 Å². The van der Waals surface area contributed by atoms with E-state index in [9.17, 15) is 0 Å². The monoisotopic (exact) mass is 150 g/mol. The van der Waals surface area contributed by atoms with Crippen LogP contribution in [0.25, 0.3) is 0 Å². The molecule has 1 nitrogen and oxygen atoms in total. The minimum Gasteiger partial charge on any atom is -0.469 e. The fourth-order valence-electron chi connectivity index (χ4n) is 1.82. The molecule has 0 N–H and O–H groups in total. The molecular formula is C10H14O. The van der Waals surface area contributed by atoms with Crippen LogP contribution in [0, 0.1) is 0 Å². The van der Waals surface area contributed by atoms with Crippen molar-refractivity contribution in [1.82, 2.24) is 0 Å². The molecule has 0 radical (unpaired) electrons. The van der Waals surface area contributed by atoms with Gasteiger partial charge in [-0.05, 0) is 43.8 Å². The first kappa shape index (κ1) is 6.96. The molecule has 1 aliphatic heterocycles. The molecule has 11 heavy (non-hydrogen) atoms. The predicted molar refractivity (Wildman–Crippen MR) is 45.0 cm³/mol. The van der Waals surface area contributed by atoms with E-state index in [1.807, 2.05) is 6.26 Å². The third-order valence-electron chi connectivity index (χ3n) is 2.42. The summed E-state index contributed by atoms with van der Waals surface area (Å²) in [6, 6.07) is 0. The van der Waals surface area contributed by atoms with Crippen LogP contribution < -0.4 is 0 Å². The number of hydrogen-bond acceptors (Lipinski definition) is 1. The second kappa shape index (κ2) is 2.72. The molecule has 1 heterocycles. The van der Waals surface area contributed by atoms with E-state index >= 15 is 0 Å². The highest BCUT2D eigenvalue weighted by atomic mass is 16.5. The molecule has 0 aromatic carbocycles. The molecule has 0 bridgehead atoms. The first-order chi connectivity index (χ1) is 5.36. The quantitative estimate of drug-likeness (QED) is 0.515. The van der Waals surface area contributed by atoms with Crippen LogP contribution in [-0.4, -0.2) is 0 Å². The van der Waals surface area contributed by atoms with Crippen LogP contribution in [-0.2, 0) is 4.74 Å². The third-order valence-corrected chi connectivity index (χ3v) is 2.42. The van der Waals surface area contributed by atoms with E-state index in [4.69, 9.17) is 4.74 Å². The fraction of sp³-hybridized carbons (Fsp3) is 0.600. The summed E-state index contributed by atoms with van der Waals surface area (Å²) >= 11 is 0. The van der Waals surface area contributed by atoms with E-state index in [1.54, 1.807) is 5.57 Å². The van der Waals surface area contributed by atoms with Crippen LogP contribution in [0.2, 0.25) is 0 Å². The largest absolute Gasteiger partial charge is 0.469 e. The highest BCUT2D eigenvalue weighted by molar-refractivity contribution is 5.22. The summed E-state index contributed by atoms with van der Waals surface area (Å²) in [5, 5.41) is 0. The Hall–Kier alpha value is -0.720. The summed E-state index contributed by atoms with van der Waals surface area (Å²) in [6.45, 7) is 2.14. The Bertz CT molecular complexity index is 223. The van der Waals surface area contributed by atoms with E-state index in [0.29, 0.717) is 0 Å². The summed E-state index contributed by atoms with van der Waals surface area (Å²) in [6.07, 6.45) is 8.17. The number of allylic oxidation sites excluding steroid dienone is 3. The zero-order valence-electron chi connectivity index (χ0n) is 7.02. The molecule has 60 valence electrons. The van der Waals surface area contributed by atoms with E-state index in [2.05, 4.69) is 6.92 Å². The minimum absolute atomic E-state index is 1.16. The number of ether oxygens (including phenoxy) is 1. The lowest BCUT2D eigenvalue weighted by molar-refractivity contribution is 0.296. The van der Waals surface area contributed by atoms with Gasteiger partial charge in [0.1, 0.15) is 5.76 Å². The molecule has 0 atom stereocenters. The van der Waals surface area contributed by atoms with Gasteiger partial charge in [-0.2, -0.15) is 0 Å². The van der Waals surface area contributed by atoms with Gasteiger partial charge in [0.15, 0.2) is 0 Å². The van der Waals surface area contributed by atoms with Gasteiger partial charge in [0.2, 0.25) is 0 Å². The fourth-order valence-corrected chi connectivity index (χ4v) is 1.82. The molecule has 0 amide bonds. The van der Waals surface area contributed by atoms with Crippen molar-refractivity contribution in [1.29, 1.82) is 0 Å². The van der Waals surface area contributed by atoms with Gasteiger partial charge in [0.25, 0.3) is 0 Å². The standard InChI is InChI=1S/C10H14O/c1-8-6-9-4-2-3-5-10(9)11-7-8/h7H,2-6H2,1H3. The maximum Gasteiger partial charge on any atom is 0.103 e. The third kappa shape index (κ3) is 1.32. The van der Waals surface area contributed by atoms with E-state index in [0.717, 1.165) is 6.42 Å². The highest BCUT2D eigenvalue weighted by Gasteiger charge is 2.16. The molecule has 0 fully saturated rings. The molecule has 2 rings (SSSR count). The van der Waals surface area contributed by atoms with Crippen molar-refractivity contribution < 1.29 is 4.74 Å². The molecular weight excluding hydrogens is 136 g/mol. The summed E-state index contributed by atoms with van der Waals surface area (Å²) in [4.78, 5) is 0. The summed E-state index contributed by atoms with van der Waals surface area (Å²) in [5.41, 5.74) is 2.92. The van der Waals surface area contributed by atoms with Gasteiger partial charge in [-0.15, -0.1) is 0 Å². The summed E-state index contributed by atoms with van der Waals surface area (Å²) < 4.78 is 5.51. The smallest absolute Gasteiger partial charge is 0.103 e. The highest BCUT2D eigenvalue weighted by Crippen LogP contribution is 2.33. The van der Waals surface area contributed by atoms with Crippen LogP contribution in [0.3, 0.4) is 0 Å². The minimum atomic E-state index is 1.16. The number of rotatable bonds is 0. The molecule has 1 aliphatic carbocycles. The first-order valence-electron chi connectivity index (χ1n) is 4.39. The van der Waals surface area contributed by atoms with Crippen molar-refractivity contribution in [2.45, 2.75) is 39.0 Å². The number of hydrogen-bond donors (Lipinski definition) is 0. The first-order valence-corrected chi connectivity index (χ1v) is 4.39. The van der Waals surface area contributed by atoms with Gasteiger partial charge in [0.05, 0.1) is 6.26 Å². The van der Waals surface area contributed by atoms with Gasteiger partial charge in [-0.3, -0.25) is 0 Å². The molecule has 0 saturated carbocycles. The van der Waals surface area contributed by atoms with Crippen LogP contribution in [0.5, 0.6) is 0 Å². The Morgan fingerprint density at radius 3 is 3.00 bits per heavy atom. The van der Waals surface area contributed by atoms with Gasteiger partial charge in [-0.1, -0.05) is 0 Å². The normalized spacial score (nSPS) is 23.9. The molecule has 1 heteroatoms. The molecule has 2 aliphatic rings. The SMILES string of the molecule is CC1=COC2=C(CCCC2)C1. The Morgan fingerprint density at radius 1 is 1.27 bits per heavy atom. The van der Waals surface area contributed by atoms with Gasteiger partial charge in [-0.25, -0.2) is 0 Å². The van der Waals surface area contributed by atoms with E-state index in [-0.39, 0.29) is 0 Å². The Morgan fingerprint density at radius 2 is 2.09 bits per heavy atom. The van der Waals surface area contributed by atoms with Crippen molar-refractivity contribution in [2.75, 3.05) is 0 Å². The molecule has 0 spiro atoms. The molecule has 0 unspecified atom stereocenters. The molecule has 0 aromatic rings. The summed E-state index contributed by atoms with van der Waals surface area (Å²) in [5.74, 6) is 1.27. The van der Waals surface area contributed by atoms with Gasteiger partial charge in [0, 0.05) is 6.42 Å². The Labute approximate surface area is 67.7 Å². The van der Waals surface area contributed by atoms with Gasteiger partial charge >= 0.3 is 0 Å². The van der Waals surface area contributed by atoms with Gasteiger partial charge < -0.3 is 4.74 Å². The van der Waals surface area contributed by atoms with Crippen LogP contribution in [0.4, 0.5) is 0 Å². The lowest BCUT2D eigenvalue weighted by Gasteiger charge is -2.23. The predicted octanol–water partition coefficient (Wildman–Crippen LogP) is 3.14. The maximum absolute atomic E-state index is 5.51. The zero-order valence-corrected chi connectivity index (χ0v) is 7.02. The van der Waals surface area contributed by atoms with Crippen LogP contribution in [0.15, 0.2) is 23.2 Å². The maximum atomic E-state index is 5.51. The summed E-state index contributed by atoms with van der Waals surface area (Å²) in [7, 11) is 0. The van der Waals surface area contributed by atoms with Crippen LogP contribution in [0.1, 0.15) is 39.0 Å². The second-order valence-corrected chi connectivity index (χ2v) is 3.49. The van der Waals surface area contributed by atoms with Crippen molar-refractivity contribution in [3.05, 3.63) is 23.2 Å².